The van der Waals surface area contributed by atoms with E-state index in [-0.39, 0.29) is 17.8 Å². The van der Waals surface area contributed by atoms with Gasteiger partial charge in [-0.15, -0.1) is 11.3 Å². The summed E-state index contributed by atoms with van der Waals surface area (Å²) in [4.78, 5) is 29.9. The second kappa shape index (κ2) is 8.67. The molecule has 0 aliphatic carbocycles. The zero-order chi connectivity index (χ0) is 21.1. The summed E-state index contributed by atoms with van der Waals surface area (Å²) in [6.07, 6.45) is 0.805. The summed E-state index contributed by atoms with van der Waals surface area (Å²) >= 11 is 1.37. The normalized spacial score (nSPS) is 14.1. The predicted molar refractivity (Wildman–Crippen MR) is 118 cm³/mol. The standard InChI is InChI=1S/C23H22FN3O2S/c1-16-5-10-20(19(14-16)25-22(28)21-4-2-13-30-21)27-12-3-11-26(23(27)29)15-17-6-8-18(24)9-7-17/h2,4-10,13-14H,3,11-12,15H2,1H3,(H,25,28). The van der Waals surface area contributed by atoms with Crippen molar-refractivity contribution in [3.05, 3.63) is 81.8 Å². The molecule has 30 heavy (non-hydrogen) atoms. The minimum atomic E-state index is -0.295. The number of hydrogen-bond donors (Lipinski definition) is 1. The zero-order valence-electron chi connectivity index (χ0n) is 16.6. The lowest BCUT2D eigenvalue weighted by Gasteiger charge is -2.36. The highest BCUT2D eigenvalue weighted by Crippen LogP contribution is 2.31. The highest BCUT2D eigenvalue weighted by Gasteiger charge is 2.28. The summed E-state index contributed by atoms with van der Waals surface area (Å²) < 4.78 is 13.2. The quantitative estimate of drug-likeness (QED) is 0.607. The lowest BCUT2D eigenvalue weighted by molar-refractivity contribution is 0.103. The van der Waals surface area contributed by atoms with Gasteiger partial charge in [-0.3, -0.25) is 9.69 Å². The van der Waals surface area contributed by atoms with Crippen molar-refractivity contribution in [3.63, 3.8) is 0 Å². The Morgan fingerprint density at radius 1 is 1.13 bits per heavy atom. The lowest BCUT2D eigenvalue weighted by Crippen LogP contribution is -2.49. The molecule has 0 spiro atoms. The van der Waals surface area contributed by atoms with Crippen molar-refractivity contribution in [1.82, 2.24) is 4.90 Å². The van der Waals surface area contributed by atoms with Crippen molar-refractivity contribution in [3.8, 4) is 0 Å². The monoisotopic (exact) mass is 423 g/mol. The first-order valence-corrected chi connectivity index (χ1v) is 10.7. The molecule has 5 nitrogen and oxygen atoms in total. The number of benzene rings is 2. The van der Waals surface area contributed by atoms with Crippen LogP contribution in [0, 0.1) is 12.7 Å². The molecule has 3 aromatic rings. The molecule has 1 N–H and O–H groups in total. The van der Waals surface area contributed by atoms with E-state index in [2.05, 4.69) is 5.32 Å². The first kappa shape index (κ1) is 20.1. The van der Waals surface area contributed by atoms with Crippen LogP contribution in [0.5, 0.6) is 0 Å². The number of nitrogens with zero attached hydrogens (tertiary/aromatic N) is 2. The second-order valence-corrected chi connectivity index (χ2v) is 8.24. The SMILES string of the molecule is Cc1ccc(N2CCCN(Cc3ccc(F)cc3)C2=O)c(NC(=O)c2cccs2)c1. The predicted octanol–water partition coefficient (Wildman–Crippen LogP) is 5.28. The molecule has 0 unspecified atom stereocenters. The molecule has 4 rings (SSSR count). The molecule has 3 amide bonds. The van der Waals surface area contributed by atoms with Gasteiger partial charge in [-0.1, -0.05) is 24.3 Å². The smallest absolute Gasteiger partial charge is 0.320 e. The Bertz CT molecular complexity index is 1050. The molecule has 0 radical (unpaired) electrons. The maximum absolute atomic E-state index is 13.2. The summed E-state index contributed by atoms with van der Waals surface area (Å²) in [6.45, 7) is 3.57. The van der Waals surface area contributed by atoms with Crippen LogP contribution in [0.25, 0.3) is 0 Å². The third-order valence-electron chi connectivity index (χ3n) is 5.03. The molecule has 1 saturated heterocycles. The summed E-state index contributed by atoms with van der Waals surface area (Å²) in [6, 6.07) is 15.4. The third-order valence-corrected chi connectivity index (χ3v) is 5.90. The van der Waals surface area contributed by atoms with E-state index >= 15 is 0 Å². The number of rotatable bonds is 5. The molecule has 1 fully saturated rings. The van der Waals surface area contributed by atoms with E-state index in [0.717, 1.165) is 17.5 Å². The fourth-order valence-electron chi connectivity index (χ4n) is 3.54. The number of nitrogens with one attached hydrogen (secondary N) is 1. The number of anilines is 2. The molecule has 154 valence electrons. The number of urea groups is 1. The molecular formula is C23H22FN3O2S. The Labute approximate surface area is 178 Å². The molecule has 2 heterocycles. The minimum Gasteiger partial charge on any atom is -0.320 e. The van der Waals surface area contributed by atoms with E-state index in [1.807, 2.05) is 36.6 Å². The fraction of sp³-hybridized carbons (Fsp3) is 0.217. The first-order valence-electron chi connectivity index (χ1n) is 9.77. The number of carbonyl (C=O) groups is 2. The van der Waals surface area contributed by atoms with Gasteiger partial charge in [0.1, 0.15) is 5.82 Å². The fourth-order valence-corrected chi connectivity index (χ4v) is 4.16. The number of thiophene rings is 1. The molecule has 0 atom stereocenters. The zero-order valence-corrected chi connectivity index (χ0v) is 17.4. The Kier molecular flexibility index (Phi) is 5.81. The van der Waals surface area contributed by atoms with Crippen LogP contribution in [0.3, 0.4) is 0 Å². The van der Waals surface area contributed by atoms with Crippen LogP contribution in [0.4, 0.5) is 20.6 Å². The van der Waals surface area contributed by atoms with Crippen LogP contribution in [-0.2, 0) is 6.54 Å². The van der Waals surface area contributed by atoms with E-state index in [9.17, 15) is 14.0 Å². The van der Waals surface area contributed by atoms with Crippen LogP contribution >= 0.6 is 11.3 Å². The Balaban J connectivity index is 1.57. The highest BCUT2D eigenvalue weighted by atomic mass is 32.1. The maximum atomic E-state index is 13.2. The second-order valence-electron chi connectivity index (χ2n) is 7.29. The molecule has 1 aliphatic rings. The average molecular weight is 424 g/mol. The van der Waals surface area contributed by atoms with Gasteiger partial charge in [0.05, 0.1) is 16.3 Å². The van der Waals surface area contributed by atoms with Crippen molar-refractivity contribution in [1.29, 1.82) is 0 Å². The number of aryl methyl sites for hydroxylation is 1. The minimum absolute atomic E-state index is 0.124. The number of hydrogen-bond acceptors (Lipinski definition) is 3. The molecule has 0 saturated carbocycles. The van der Waals surface area contributed by atoms with E-state index in [1.165, 1.54) is 23.5 Å². The van der Waals surface area contributed by atoms with Gasteiger partial charge in [0, 0.05) is 19.6 Å². The Morgan fingerprint density at radius 3 is 2.67 bits per heavy atom. The van der Waals surface area contributed by atoms with E-state index in [0.29, 0.717) is 35.9 Å². The van der Waals surface area contributed by atoms with E-state index in [1.54, 1.807) is 28.0 Å². The summed E-state index contributed by atoms with van der Waals surface area (Å²) in [5.41, 5.74) is 3.17. The number of amides is 3. The van der Waals surface area contributed by atoms with Gasteiger partial charge in [0.25, 0.3) is 5.91 Å². The molecule has 0 bridgehead atoms. The van der Waals surface area contributed by atoms with Crippen LogP contribution in [0.15, 0.2) is 60.0 Å². The van der Waals surface area contributed by atoms with Gasteiger partial charge in [0.2, 0.25) is 0 Å². The summed E-state index contributed by atoms with van der Waals surface area (Å²) in [5, 5.41) is 4.81. The summed E-state index contributed by atoms with van der Waals surface area (Å²) in [5.74, 6) is -0.486. The number of carbonyl (C=O) groups excluding carboxylic acids is 2. The Hall–Kier alpha value is -3.19. The summed E-state index contributed by atoms with van der Waals surface area (Å²) in [7, 11) is 0. The van der Waals surface area contributed by atoms with Gasteiger partial charge >= 0.3 is 6.03 Å². The average Bonchev–Trinajstić information content (AvgIpc) is 3.27. The van der Waals surface area contributed by atoms with Crippen molar-refractivity contribution in [2.75, 3.05) is 23.3 Å². The van der Waals surface area contributed by atoms with Crippen LogP contribution in [-0.4, -0.2) is 29.9 Å². The van der Waals surface area contributed by atoms with Crippen molar-refractivity contribution in [2.24, 2.45) is 0 Å². The molecule has 1 aliphatic heterocycles. The van der Waals surface area contributed by atoms with E-state index in [4.69, 9.17) is 0 Å². The Morgan fingerprint density at radius 2 is 1.93 bits per heavy atom. The van der Waals surface area contributed by atoms with Gasteiger partial charge in [-0.2, -0.15) is 0 Å². The molecular weight excluding hydrogens is 401 g/mol. The lowest BCUT2D eigenvalue weighted by atomic mass is 10.1. The van der Waals surface area contributed by atoms with E-state index < -0.39 is 0 Å². The highest BCUT2D eigenvalue weighted by molar-refractivity contribution is 7.12. The van der Waals surface area contributed by atoms with Gasteiger partial charge in [-0.05, 0) is 60.2 Å². The molecule has 7 heteroatoms. The molecule has 1 aromatic heterocycles. The maximum Gasteiger partial charge on any atom is 0.324 e. The van der Waals surface area contributed by atoms with Crippen LogP contribution in [0.1, 0.15) is 27.2 Å². The van der Waals surface area contributed by atoms with Gasteiger partial charge in [0.15, 0.2) is 0 Å². The van der Waals surface area contributed by atoms with Gasteiger partial charge in [-0.25, -0.2) is 9.18 Å². The van der Waals surface area contributed by atoms with Gasteiger partial charge < -0.3 is 10.2 Å². The first-order chi connectivity index (χ1) is 14.5. The topological polar surface area (TPSA) is 52.6 Å². The van der Waals surface area contributed by atoms with Crippen LogP contribution < -0.4 is 10.2 Å². The molecule has 2 aromatic carbocycles. The largest absolute Gasteiger partial charge is 0.324 e. The number of halogens is 1. The van der Waals surface area contributed by atoms with Crippen molar-refractivity contribution >= 4 is 34.6 Å². The van der Waals surface area contributed by atoms with Crippen molar-refractivity contribution in [2.45, 2.75) is 19.9 Å². The van der Waals surface area contributed by atoms with Crippen molar-refractivity contribution < 1.29 is 14.0 Å². The third kappa shape index (κ3) is 4.36. The van der Waals surface area contributed by atoms with Crippen LogP contribution in [0.2, 0.25) is 0 Å².